The molecule has 0 aliphatic heterocycles. The molecule has 0 spiro atoms. The van der Waals surface area contributed by atoms with Crippen molar-refractivity contribution in [2.24, 2.45) is 0 Å². The molecule has 0 saturated heterocycles. The first-order chi connectivity index (χ1) is 14.6. The average molecular weight is 420 g/mol. The van der Waals surface area contributed by atoms with Gasteiger partial charge in [-0.05, 0) is 35.8 Å². The van der Waals surface area contributed by atoms with Crippen LogP contribution in [0.2, 0.25) is 0 Å². The molecule has 3 aromatic rings. The van der Waals surface area contributed by atoms with Crippen molar-refractivity contribution in [2.45, 2.75) is 20.0 Å². The maximum absolute atomic E-state index is 12.4. The number of carbonyl (C=O) groups is 1. The van der Waals surface area contributed by atoms with Crippen LogP contribution in [0.25, 0.3) is 6.08 Å². The standard InChI is InChI=1S/C22H20N4O3S/c1-3-20-25-26-22(30-20)24-21(27)17(13-23)11-16-9-10-18(19(12-16)28-2)29-14-15-7-5-4-6-8-15/h4-12H,3,14H2,1-2H3,(H,24,26,27). The Labute approximate surface area is 178 Å². The van der Waals surface area contributed by atoms with E-state index in [1.807, 2.05) is 43.3 Å². The van der Waals surface area contributed by atoms with Gasteiger partial charge in [0.05, 0.1) is 7.11 Å². The number of hydrogen-bond donors (Lipinski definition) is 1. The highest BCUT2D eigenvalue weighted by Gasteiger charge is 2.13. The summed E-state index contributed by atoms with van der Waals surface area (Å²) in [6, 6.07) is 16.9. The molecule has 3 rings (SSSR count). The van der Waals surface area contributed by atoms with Gasteiger partial charge in [-0.15, -0.1) is 10.2 Å². The van der Waals surface area contributed by atoms with Crippen LogP contribution in [0.1, 0.15) is 23.1 Å². The minimum atomic E-state index is -0.542. The van der Waals surface area contributed by atoms with Gasteiger partial charge in [-0.25, -0.2) is 0 Å². The second-order valence-corrected chi connectivity index (χ2v) is 7.23. The summed E-state index contributed by atoms with van der Waals surface area (Å²) in [4.78, 5) is 12.4. The number of amides is 1. The van der Waals surface area contributed by atoms with Crippen molar-refractivity contribution in [3.63, 3.8) is 0 Å². The number of anilines is 1. The van der Waals surface area contributed by atoms with Crippen LogP contribution in [0, 0.1) is 11.3 Å². The lowest BCUT2D eigenvalue weighted by Gasteiger charge is -2.11. The fraction of sp³-hybridized carbons (Fsp3) is 0.182. The maximum atomic E-state index is 12.4. The van der Waals surface area contributed by atoms with Crippen molar-refractivity contribution < 1.29 is 14.3 Å². The van der Waals surface area contributed by atoms with Gasteiger partial charge in [0.1, 0.15) is 23.3 Å². The van der Waals surface area contributed by atoms with E-state index >= 15 is 0 Å². The Hall–Kier alpha value is -3.70. The van der Waals surface area contributed by atoms with Gasteiger partial charge in [-0.3, -0.25) is 10.1 Å². The van der Waals surface area contributed by atoms with E-state index in [0.717, 1.165) is 17.0 Å². The second-order valence-electron chi connectivity index (χ2n) is 6.16. The number of nitrogens with one attached hydrogen (secondary N) is 1. The highest BCUT2D eigenvalue weighted by atomic mass is 32.1. The van der Waals surface area contributed by atoms with Crippen molar-refractivity contribution in [3.05, 3.63) is 70.2 Å². The van der Waals surface area contributed by atoms with Crippen molar-refractivity contribution >= 4 is 28.5 Å². The van der Waals surface area contributed by atoms with Crippen LogP contribution in [0.3, 0.4) is 0 Å². The Balaban J connectivity index is 1.73. The SMILES string of the molecule is CCc1nnc(NC(=O)C(C#N)=Cc2ccc(OCc3ccccc3)c(OC)c2)s1. The zero-order chi connectivity index (χ0) is 21.3. The Bertz CT molecular complexity index is 1090. The van der Waals surface area contributed by atoms with Crippen LogP contribution in [-0.4, -0.2) is 23.2 Å². The molecular formula is C22H20N4O3S. The fourth-order valence-corrected chi connectivity index (χ4v) is 3.23. The summed E-state index contributed by atoms with van der Waals surface area (Å²) in [7, 11) is 1.54. The van der Waals surface area contributed by atoms with Gasteiger partial charge in [-0.1, -0.05) is 54.7 Å². The Kier molecular flexibility index (Phi) is 7.14. The van der Waals surface area contributed by atoms with Gasteiger partial charge >= 0.3 is 0 Å². The third kappa shape index (κ3) is 5.43. The smallest absolute Gasteiger partial charge is 0.268 e. The van der Waals surface area contributed by atoms with Crippen LogP contribution in [0.15, 0.2) is 54.1 Å². The first kappa shape index (κ1) is 21.0. The summed E-state index contributed by atoms with van der Waals surface area (Å²) in [6.45, 7) is 2.35. The van der Waals surface area contributed by atoms with Gasteiger partial charge in [-0.2, -0.15) is 5.26 Å². The summed E-state index contributed by atoms with van der Waals surface area (Å²) < 4.78 is 11.2. The van der Waals surface area contributed by atoms with E-state index < -0.39 is 5.91 Å². The molecule has 8 heteroatoms. The molecule has 0 unspecified atom stereocenters. The first-order valence-electron chi connectivity index (χ1n) is 9.23. The lowest BCUT2D eigenvalue weighted by molar-refractivity contribution is -0.112. The van der Waals surface area contributed by atoms with E-state index in [2.05, 4.69) is 15.5 Å². The Morgan fingerprint density at radius 2 is 2.00 bits per heavy atom. The first-order valence-corrected chi connectivity index (χ1v) is 10.0. The number of aryl methyl sites for hydroxylation is 1. The summed E-state index contributed by atoms with van der Waals surface area (Å²) in [5, 5.41) is 21.0. The summed E-state index contributed by atoms with van der Waals surface area (Å²) in [5.74, 6) is 0.538. The molecule has 0 aliphatic rings. The Morgan fingerprint density at radius 3 is 2.67 bits per heavy atom. The summed E-state index contributed by atoms with van der Waals surface area (Å²) in [6.07, 6.45) is 2.22. The van der Waals surface area contributed by atoms with Crippen molar-refractivity contribution in [1.82, 2.24) is 10.2 Å². The zero-order valence-corrected chi connectivity index (χ0v) is 17.4. The Morgan fingerprint density at radius 1 is 1.20 bits per heavy atom. The van der Waals surface area contributed by atoms with Crippen LogP contribution >= 0.6 is 11.3 Å². The number of nitrogens with zero attached hydrogens (tertiary/aromatic N) is 3. The molecule has 1 amide bonds. The number of hydrogen-bond acceptors (Lipinski definition) is 7. The van der Waals surface area contributed by atoms with Crippen LogP contribution < -0.4 is 14.8 Å². The molecule has 30 heavy (non-hydrogen) atoms. The van der Waals surface area contributed by atoms with Crippen LogP contribution in [0.4, 0.5) is 5.13 Å². The van der Waals surface area contributed by atoms with Crippen molar-refractivity contribution in [3.8, 4) is 17.6 Å². The second kappa shape index (κ2) is 10.2. The molecule has 2 aromatic carbocycles. The van der Waals surface area contributed by atoms with E-state index in [9.17, 15) is 10.1 Å². The number of rotatable bonds is 8. The average Bonchev–Trinajstić information content (AvgIpc) is 3.24. The molecule has 1 N–H and O–H groups in total. The minimum Gasteiger partial charge on any atom is -0.493 e. The van der Waals surface area contributed by atoms with E-state index in [-0.39, 0.29) is 5.57 Å². The molecular weight excluding hydrogens is 400 g/mol. The van der Waals surface area contributed by atoms with E-state index in [1.54, 1.807) is 18.2 Å². The monoisotopic (exact) mass is 420 g/mol. The molecule has 0 aliphatic carbocycles. The number of nitriles is 1. The maximum Gasteiger partial charge on any atom is 0.268 e. The molecule has 0 radical (unpaired) electrons. The molecule has 0 saturated carbocycles. The van der Waals surface area contributed by atoms with Gasteiger partial charge in [0.25, 0.3) is 5.91 Å². The van der Waals surface area contributed by atoms with E-state index in [4.69, 9.17) is 9.47 Å². The minimum absolute atomic E-state index is 0.0525. The molecule has 1 heterocycles. The molecule has 152 valence electrons. The third-order valence-electron chi connectivity index (χ3n) is 4.09. The molecule has 7 nitrogen and oxygen atoms in total. The lowest BCUT2D eigenvalue weighted by Crippen LogP contribution is -2.13. The van der Waals surface area contributed by atoms with Crippen molar-refractivity contribution in [1.29, 1.82) is 5.26 Å². The normalized spacial score (nSPS) is 10.9. The van der Waals surface area contributed by atoms with Gasteiger partial charge in [0.15, 0.2) is 11.5 Å². The fourth-order valence-electron chi connectivity index (χ4n) is 2.56. The zero-order valence-electron chi connectivity index (χ0n) is 16.6. The molecule has 0 atom stereocenters. The number of benzene rings is 2. The quantitative estimate of drug-likeness (QED) is 0.433. The van der Waals surface area contributed by atoms with Gasteiger partial charge in [0, 0.05) is 0 Å². The topological polar surface area (TPSA) is 97.1 Å². The summed E-state index contributed by atoms with van der Waals surface area (Å²) in [5.41, 5.74) is 1.62. The highest BCUT2D eigenvalue weighted by Crippen LogP contribution is 2.30. The van der Waals surface area contributed by atoms with E-state index in [0.29, 0.717) is 28.8 Å². The van der Waals surface area contributed by atoms with Gasteiger partial charge < -0.3 is 9.47 Å². The lowest BCUT2D eigenvalue weighted by atomic mass is 10.1. The van der Waals surface area contributed by atoms with Gasteiger partial charge in [0.2, 0.25) is 5.13 Å². The van der Waals surface area contributed by atoms with Crippen LogP contribution in [-0.2, 0) is 17.8 Å². The predicted octanol–water partition coefficient (Wildman–Crippen LogP) is 4.23. The van der Waals surface area contributed by atoms with E-state index in [1.165, 1.54) is 24.5 Å². The van der Waals surface area contributed by atoms with Crippen LogP contribution in [0.5, 0.6) is 11.5 Å². The number of carbonyl (C=O) groups excluding carboxylic acids is 1. The number of aromatic nitrogens is 2. The molecule has 0 fully saturated rings. The number of methoxy groups -OCH3 is 1. The predicted molar refractivity (Wildman–Crippen MR) is 115 cm³/mol. The highest BCUT2D eigenvalue weighted by molar-refractivity contribution is 7.15. The third-order valence-corrected chi connectivity index (χ3v) is 5.07. The number of ether oxygens (including phenoxy) is 2. The summed E-state index contributed by atoms with van der Waals surface area (Å²) >= 11 is 1.28. The molecule has 0 bridgehead atoms. The molecule has 1 aromatic heterocycles. The van der Waals surface area contributed by atoms with Crippen molar-refractivity contribution in [2.75, 3.05) is 12.4 Å². The largest absolute Gasteiger partial charge is 0.493 e.